The number of benzene rings is 4. The zero-order valence-electron chi connectivity index (χ0n) is 14.1. The molecule has 4 aromatic rings. The van der Waals surface area contributed by atoms with Crippen LogP contribution in [0.4, 0.5) is 0 Å². The summed E-state index contributed by atoms with van der Waals surface area (Å²) in [6.07, 6.45) is 0. The molecule has 0 heterocycles. The van der Waals surface area contributed by atoms with E-state index in [0.717, 1.165) is 20.9 Å². The van der Waals surface area contributed by atoms with Crippen LogP contribution in [-0.4, -0.2) is 0 Å². The maximum absolute atomic E-state index is 4.83. The van der Waals surface area contributed by atoms with Crippen molar-refractivity contribution >= 4 is 25.3 Å². The number of hydrogen-bond acceptors (Lipinski definition) is 2. The number of thiol groups is 2. The predicted molar refractivity (Wildman–Crippen MR) is 117 cm³/mol. The highest BCUT2D eigenvalue weighted by molar-refractivity contribution is 7.83. The third-order valence-corrected chi connectivity index (χ3v) is 5.48. The van der Waals surface area contributed by atoms with Crippen LogP contribution in [0.2, 0.25) is 0 Å². The molecule has 0 unspecified atom stereocenters. The molecule has 0 radical (unpaired) electrons. The largest absolute Gasteiger partial charge is 0.142 e. The Morgan fingerprint density at radius 3 is 1.38 bits per heavy atom. The van der Waals surface area contributed by atoms with E-state index >= 15 is 0 Å². The molecule has 26 heavy (non-hydrogen) atoms. The standard InChI is InChI=1S/C24H18S2/c25-21-16-20(17-10-4-1-5-11-17)22(18-12-6-2-7-13-18)23(24(21)26)19-14-8-3-9-15-19/h1-16,25-26H. The molecular weight excluding hydrogens is 352 g/mol. The van der Waals surface area contributed by atoms with Crippen LogP contribution in [0.3, 0.4) is 0 Å². The molecule has 0 aliphatic rings. The Morgan fingerprint density at radius 2 is 0.885 bits per heavy atom. The summed E-state index contributed by atoms with van der Waals surface area (Å²) in [5, 5.41) is 0. The van der Waals surface area contributed by atoms with Crippen LogP contribution >= 0.6 is 25.3 Å². The van der Waals surface area contributed by atoms with Gasteiger partial charge in [-0.2, -0.15) is 0 Å². The summed E-state index contributed by atoms with van der Waals surface area (Å²) in [5.41, 5.74) is 6.96. The Morgan fingerprint density at radius 1 is 0.462 bits per heavy atom. The van der Waals surface area contributed by atoms with Gasteiger partial charge in [-0.1, -0.05) is 91.0 Å². The van der Waals surface area contributed by atoms with E-state index in [1.807, 2.05) is 18.2 Å². The second kappa shape index (κ2) is 7.45. The van der Waals surface area contributed by atoms with E-state index in [1.165, 1.54) is 22.3 Å². The van der Waals surface area contributed by atoms with Crippen molar-refractivity contribution < 1.29 is 0 Å². The summed E-state index contributed by atoms with van der Waals surface area (Å²) < 4.78 is 0. The lowest BCUT2D eigenvalue weighted by molar-refractivity contribution is 1.27. The van der Waals surface area contributed by atoms with Gasteiger partial charge in [-0.25, -0.2) is 0 Å². The summed E-state index contributed by atoms with van der Waals surface area (Å²) in [6.45, 7) is 0. The lowest BCUT2D eigenvalue weighted by Gasteiger charge is -2.20. The molecule has 0 fully saturated rings. The van der Waals surface area contributed by atoms with Crippen LogP contribution < -0.4 is 0 Å². The number of hydrogen-bond donors (Lipinski definition) is 2. The van der Waals surface area contributed by atoms with E-state index in [1.54, 1.807) is 0 Å². The van der Waals surface area contributed by atoms with Crippen LogP contribution in [0, 0.1) is 0 Å². The second-order valence-corrected chi connectivity index (χ2v) is 7.07. The summed E-state index contributed by atoms with van der Waals surface area (Å²) in [6, 6.07) is 33.5. The highest BCUT2D eigenvalue weighted by atomic mass is 32.1. The van der Waals surface area contributed by atoms with E-state index in [-0.39, 0.29) is 0 Å². The van der Waals surface area contributed by atoms with Crippen molar-refractivity contribution in [3.05, 3.63) is 97.1 Å². The van der Waals surface area contributed by atoms with Crippen molar-refractivity contribution in [2.75, 3.05) is 0 Å². The SMILES string of the molecule is Sc1cc(-c2ccccc2)c(-c2ccccc2)c(-c2ccccc2)c1S. The van der Waals surface area contributed by atoms with E-state index in [9.17, 15) is 0 Å². The van der Waals surface area contributed by atoms with Gasteiger partial charge in [-0.05, 0) is 33.9 Å². The van der Waals surface area contributed by atoms with E-state index in [0.29, 0.717) is 0 Å². The molecule has 0 bridgehead atoms. The fraction of sp³-hybridized carbons (Fsp3) is 0. The monoisotopic (exact) mass is 370 g/mol. The Kier molecular flexibility index (Phi) is 4.87. The lowest BCUT2D eigenvalue weighted by atomic mass is 9.87. The van der Waals surface area contributed by atoms with Gasteiger partial charge in [0.05, 0.1) is 0 Å². The summed E-state index contributed by atoms with van der Waals surface area (Å²) in [4.78, 5) is 1.78. The fourth-order valence-electron chi connectivity index (χ4n) is 3.29. The molecule has 0 atom stereocenters. The number of rotatable bonds is 3. The molecule has 0 aliphatic heterocycles. The maximum Gasteiger partial charge on any atom is 0.0259 e. The zero-order valence-corrected chi connectivity index (χ0v) is 15.9. The first-order valence-electron chi connectivity index (χ1n) is 8.51. The highest BCUT2D eigenvalue weighted by Crippen LogP contribution is 2.45. The first-order valence-corrected chi connectivity index (χ1v) is 9.40. The quantitative estimate of drug-likeness (QED) is 0.348. The minimum absolute atomic E-state index is 0.880. The third-order valence-electron chi connectivity index (χ3n) is 4.49. The smallest absolute Gasteiger partial charge is 0.0259 e. The molecule has 0 aliphatic carbocycles. The van der Waals surface area contributed by atoms with Gasteiger partial charge in [0.2, 0.25) is 0 Å². The normalized spacial score (nSPS) is 10.7. The summed E-state index contributed by atoms with van der Waals surface area (Å²) in [5.74, 6) is 0. The van der Waals surface area contributed by atoms with Crippen LogP contribution in [0.1, 0.15) is 0 Å². The maximum atomic E-state index is 4.83. The van der Waals surface area contributed by atoms with E-state index in [4.69, 9.17) is 25.3 Å². The first kappa shape index (κ1) is 17.0. The summed E-state index contributed by atoms with van der Waals surface area (Å²) >= 11 is 9.55. The van der Waals surface area contributed by atoms with Gasteiger partial charge in [0.15, 0.2) is 0 Å². The topological polar surface area (TPSA) is 0 Å². The fourth-order valence-corrected chi connectivity index (χ4v) is 3.84. The Bertz CT molecular complexity index is 1020. The van der Waals surface area contributed by atoms with E-state index < -0.39 is 0 Å². The van der Waals surface area contributed by atoms with Crippen molar-refractivity contribution in [1.82, 2.24) is 0 Å². The Labute approximate surface area is 165 Å². The average molecular weight is 371 g/mol. The van der Waals surface area contributed by atoms with Crippen LogP contribution in [-0.2, 0) is 0 Å². The van der Waals surface area contributed by atoms with Crippen molar-refractivity contribution in [3.63, 3.8) is 0 Å². The third kappa shape index (κ3) is 3.18. The zero-order chi connectivity index (χ0) is 17.9. The minimum atomic E-state index is 0.880. The summed E-state index contributed by atoms with van der Waals surface area (Å²) in [7, 11) is 0. The average Bonchev–Trinajstić information content (AvgIpc) is 2.71. The molecule has 2 heteroatoms. The Balaban J connectivity index is 2.12. The molecule has 4 rings (SSSR count). The van der Waals surface area contributed by atoms with Crippen molar-refractivity contribution in [3.8, 4) is 33.4 Å². The molecule has 0 amide bonds. The van der Waals surface area contributed by atoms with Gasteiger partial charge in [0.1, 0.15) is 0 Å². The van der Waals surface area contributed by atoms with Gasteiger partial charge in [0.25, 0.3) is 0 Å². The van der Waals surface area contributed by atoms with Gasteiger partial charge in [0, 0.05) is 15.4 Å². The second-order valence-electron chi connectivity index (χ2n) is 6.14. The molecule has 0 spiro atoms. The lowest BCUT2D eigenvalue weighted by Crippen LogP contribution is -1.93. The highest BCUT2D eigenvalue weighted by Gasteiger charge is 2.18. The molecule has 0 aromatic heterocycles. The van der Waals surface area contributed by atoms with Crippen molar-refractivity contribution in [1.29, 1.82) is 0 Å². The molecule has 0 saturated heterocycles. The molecule has 0 N–H and O–H groups in total. The molecule has 126 valence electrons. The molecular formula is C24H18S2. The predicted octanol–water partition coefficient (Wildman–Crippen LogP) is 7.27. The van der Waals surface area contributed by atoms with Gasteiger partial charge in [-0.15, -0.1) is 25.3 Å². The first-order chi connectivity index (χ1) is 12.8. The van der Waals surface area contributed by atoms with Crippen molar-refractivity contribution in [2.45, 2.75) is 9.79 Å². The van der Waals surface area contributed by atoms with Crippen LogP contribution in [0.5, 0.6) is 0 Å². The van der Waals surface area contributed by atoms with Gasteiger partial charge < -0.3 is 0 Å². The van der Waals surface area contributed by atoms with Crippen LogP contribution in [0.25, 0.3) is 33.4 Å². The molecule has 0 nitrogen and oxygen atoms in total. The van der Waals surface area contributed by atoms with Gasteiger partial charge in [-0.3, -0.25) is 0 Å². The van der Waals surface area contributed by atoms with Crippen LogP contribution in [0.15, 0.2) is 107 Å². The Hall–Kier alpha value is -2.42. The molecule has 0 saturated carbocycles. The van der Waals surface area contributed by atoms with E-state index in [2.05, 4.69) is 78.9 Å². The van der Waals surface area contributed by atoms with Crippen molar-refractivity contribution in [2.24, 2.45) is 0 Å². The minimum Gasteiger partial charge on any atom is -0.142 e. The molecule has 4 aromatic carbocycles. The van der Waals surface area contributed by atoms with Gasteiger partial charge >= 0.3 is 0 Å².